The van der Waals surface area contributed by atoms with Gasteiger partial charge in [0.05, 0.1) is 16.7 Å². The first kappa shape index (κ1) is 10.5. The molecule has 0 atom stereocenters. The summed E-state index contributed by atoms with van der Waals surface area (Å²) in [6.45, 7) is 1.69. The van der Waals surface area contributed by atoms with Gasteiger partial charge in [-0.2, -0.15) is 5.26 Å². The lowest BCUT2D eigenvalue weighted by atomic mass is 10.2. The predicted molar refractivity (Wildman–Crippen MR) is 58.7 cm³/mol. The van der Waals surface area contributed by atoms with Crippen molar-refractivity contribution in [1.29, 1.82) is 5.26 Å². The fraction of sp³-hybridized carbons (Fsp3) is 0.455. The van der Waals surface area contributed by atoms with E-state index in [9.17, 15) is 0 Å². The zero-order valence-corrected chi connectivity index (χ0v) is 9.17. The molecule has 1 fully saturated rings. The van der Waals surface area contributed by atoms with Crippen molar-refractivity contribution in [3.8, 4) is 6.07 Å². The van der Waals surface area contributed by atoms with Gasteiger partial charge in [-0.15, -0.1) is 11.8 Å². The molecule has 1 aliphatic heterocycles. The van der Waals surface area contributed by atoms with E-state index >= 15 is 0 Å². The molecule has 2 heterocycles. The Kier molecular flexibility index (Phi) is 3.59. The molecule has 0 saturated carbocycles. The van der Waals surface area contributed by atoms with Gasteiger partial charge in [-0.05, 0) is 25.0 Å². The molecule has 15 heavy (non-hydrogen) atoms. The highest BCUT2D eigenvalue weighted by atomic mass is 32.2. The molecule has 1 aromatic heterocycles. The van der Waals surface area contributed by atoms with Crippen LogP contribution in [-0.4, -0.2) is 23.4 Å². The predicted octanol–water partition coefficient (Wildman–Crippen LogP) is 2.22. The first-order valence-corrected chi connectivity index (χ1v) is 5.87. The minimum Gasteiger partial charge on any atom is -0.381 e. The van der Waals surface area contributed by atoms with Gasteiger partial charge in [0.15, 0.2) is 0 Å². The molecule has 0 N–H and O–H groups in total. The molecule has 3 nitrogen and oxygen atoms in total. The molecule has 1 aliphatic rings. The minimum atomic E-state index is 0.584. The Labute approximate surface area is 93.5 Å². The highest BCUT2D eigenvalue weighted by Crippen LogP contribution is 2.28. The summed E-state index contributed by atoms with van der Waals surface area (Å²) in [7, 11) is 0. The molecule has 4 heteroatoms. The topological polar surface area (TPSA) is 45.9 Å². The van der Waals surface area contributed by atoms with Crippen molar-refractivity contribution in [2.45, 2.75) is 23.1 Å². The lowest BCUT2D eigenvalue weighted by Crippen LogP contribution is -2.17. The highest BCUT2D eigenvalue weighted by molar-refractivity contribution is 7.99. The molecular weight excluding hydrogens is 208 g/mol. The fourth-order valence-corrected chi connectivity index (χ4v) is 2.59. The van der Waals surface area contributed by atoms with Gasteiger partial charge in [-0.3, -0.25) is 0 Å². The van der Waals surface area contributed by atoms with Crippen LogP contribution in [-0.2, 0) is 4.74 Å². The maximum Gasteiger partial charge on any atom is 0.0993 e. The summed E-state index contributed by atoms with van der Waals surface area (Å²) in [6, 6.07) is 5.70. The first-order valence-electron chi connectivity index (χ1n) is 4.99. The Balaban J connectivity index is 2.00. The van der Waals surface area contributed by atoms with Crippen molar-refractivity contribution in [1.82, 2.24) is 4.98 Å². The Hall–Kier alpha value is -1.05. The van der Waals surface area contributed by atoms with Gasteiger partial charge >= 0.3 is 0 Å². The third-order valence-electron chi connectivity index (χ3n) is 2.32. The van der Waals surface area contributed by atoms with E-state index in [1.807, 2.05) is 6.07 Å². The smallest absolute Gasteiger partial charge is 0.0993 e. The number of ether oxygens (including phenoxy) is 1. The zero-order chi connectivity index (χ0) is 10.5. The van der Waals surface area contributed by atoms with Crippen LogP contribution in [0.4, 0.5) is 0 Å². The number of rotatable bonds is 2. The third kappa shape index (κ3) is 2.95. The number of thioether (sulfide) groups is 1. The number of aromatic nitrogens is 1. The maximum absolute atomic E-state index is 8.76. The number of hydrogen-bond acceptors (Lipinski definition) is 4. The fourth-order valence-electron chi connectivity index (χ4n) is 1.51. The minimum absolute atomic E-state index is 0.584. The SMILES string of the molecule is N#Cc1ccnc(SC2CCOCC2)c1. The van der Waals surface area contributed by atoms with Crippen molar-refractivity contribution < 1.29 is 4.74 Å². The molecule has 1 saturated heterocycles. The molecule has 0 radical (unpaired) electrons. The van der Waals surface area contributed by atoms with E-state index in [4.69, 9.17) is 10.00 Å². The van der Waals surface area contributed by atoms with Crippen LogP contribution in [0.5, 0.6) is 0 Å². The van der Waals surface area contributed by atoms with Gasteiger partial charge < -0.3 is 4.74 Å². The van der Waals surface area contributed by atoms with E-state index in [0.29, 0.717) is 10.8 Å². The van der Waals surface area contributed by atoms with Crippen molar-refractivity contribution in [3.63, 3.8) is 0 Å². The summed E-state index contributed by atoms with van der Waals surface area (Å²) in [4.78, 5) is 4.25. The molecule has 0 amide bonds. The van der Waals surface area contributed by atoms with Crippen molar-refractivity contribution in [3.05, 3.63) is 23.9 Å². The average Bonchev–Trinajstić information content (AvgIpc) is 2.31. The van der Waals surface area contributed by atoms with E-state index in [2.05, 4.69) is 11.1 Å². The maximum atomic E-state index is 8.76. The Morgan fingerprint density at radius 2 is 2.27 bits per heavy atom. The molecule has 0 aromatic carbocycles. The van der Waals surface area contributed by atoms with Crippen LogP contribution in [0.25, 0.3) is 0 Å². The number of pyridine rings is 1. The van der Waals surface area contributed by atoms with Gasteiger partial charge in [0.1, 0.15) is 0 Å². The summed E-state index contributed by atoms with van der Waals surface area (Å²) in [5, 5.41) is 10.3. The quantitative estimate of drug-likeness (QED) is 0.766. The molecule has 78 valence electrons. The standard InChI is InChI=1S/C11H12N2OS/c12-8-9-1-4-13-11(7-9)15-10-2-5-14-6-3-10/h1,4,7,10H,2-3,5-6H2. The summed E-state index contributed by atoms with van der Waals surface area (Å²) >= 11 is 1.75. The van der Waals surface area contributed by atoms with Crippen molar-refractivity contribution >= 4 is 11.8 Å². The molecule has 0 bridgehead atoms. The van der Waals surface area contributed by atoms with Crippen LogP contribution in [0.3, 0.4) is 0 Å². The molecule has 2 rings (SSSR count). The largest absolute Gasteiger partial charge is 0.381 e. The van der Waals surface area contributed by atoms with Gasteiger partial charge in [-0.25, -0.2) is 4.98 Å². The highest BCUT2D eigenvalue weighted by Gasteiger charge is 2.15. The van der Waals surface area contributed by atoms with Crippen LogP contribution >= 0.6 is 11.8 Å². The van der Waals surface area contributed by atoms with E-state index in [-0.39, 0.29) is 0 Å². The second-order valence-electron chi connectivity index (χ2n) is 3.42. The average molecular weight is 220 g/mol. The van der Waals surface area contributed by atoms with E-state index in [1.54, 1.807) is 24.0 Å². The van der Waals surface area contributed by atoms with Gasteiger partial charge in [-0.1, -0.05) is 0 Å². The first-order chi connectivity index (χ1) is 7.38. The van der Waals surface area contributed by atoms with Gasteiger partial charge in [0.25, 0.3) is 0 Å². The summed E-state index contributed by atoms with van der Waals surface area (Å²) in [5.74, 6) is 0. The Bertz CT molecular complexity index is 369. The summed E-state index contributed by atoms with van der Waals surface area (Å²) in [5.41, 5.74) is 0.680. The summed E-state index contributed by atoms with van der Waals surface area (Å²) < 4.78 is 5.30. The molecule has 0 unspecified atom stereocenters. The molecule has 0 spiro atoms. The van der Waals surface area contributed by atoms with E-state index < -0.39 is 0 Å². The van der Waals surface area contributed by atoms with Crippen molar-refractivity contribution in [2.75, 3.05) is 13.2 Å². The van der Waals surface area contributed by atoms with Gasteiger partial charge in [0.2, 0.25) is 0 Å². The molecular formula is C11H12N2OS. The number of nitriles is 1. The monoisotopic (exact) mass is 220 g/mol. The summed E-state index contributed by atoms with van der Waals surface area (Å²) in [6.07, 6.45) is 3.84. The normalized spacial score (nSPS) is 17.3. The number of hydrogen-bond donors (Lipinski definition) is 0. The number of nitrogens with zero attached hydrogens (tertiary/aromatic N) is 2. The van der Waals surface area contributed by atoms with Crippen LogP contribution in [0.2, 0.25) is 0 Å². The van der Waals surface area contributed by atoms with Crippen molar-refractivity contribution in [2.24, 2.45) is 0 Å². The molecule has 0 aliphatic carbocycles. The van der Waals surface area contributed by atoms with Crippen LogP contribution < -0.4 is 0 Å². The van der Waals surface area contributed by atoms with E-state index in [0.717, 1.165) is 31.1 Å². The second-order valence-corrected chi connectivity index (χ2v) is 4.74. The van der Waals surface area contributed by atoms with Crippen LogP contribution in [0.1, 0.15) is 18.4 Å². The second kappa shape index (κ2) is 5.15. The van der Waals surface area contributed by atoms with Crippen LogP contribution in [0, 0.1) is 11.3 Å². The lowest BCUT2D eigenvalue weighted by molar-refractivity contribution is 0.1000. The lowest BCUT2D eigenvalue weighted by Gasteiger charge is -2.20. The molecule has 1 aromatic rings. The zero-order valence-electron chi connectivity index (χ0n) is 8.35. The van der Waals surface area contributed by atoms with Crippen LogP contribution in [0.15, 0.2) is 23.4 Å². The van der Waals surface area contributed by atoms with E-state index in [1.165, 1.54) is 0 Å². The third-order valence-corrected chi connectivity index (χ3v) is 3.59. The Morgan fingerprint density at radius 1 is 1.47 bits per heavy atom. The van der Waals surface area contributed by atoms with Gasteiger partial charge in [0, 0.05) is 24.7 Å². The Morgan fingerprint density at radius 3 is 3.00 bits per heavy atom.